The van der Waals surface area contributed by atoms with Crippen molar-refractivity contribution in [3.05, 3.63) is 83.1 Å². The van der Waals surface area contributed by atoms with E-state index in [0.29, 0.717) is 5.16 Å². The van der Waals surface area contributed by atoms with Crippen LogP contribution in [0.4, 0.5) is 0 Å². The lowest BCUT2D eigenvalue weighted by molar-refractivity contribution is -0.118. The summed E-state index contributed by atoms with van der Waals surface area (Å²) in [5.74, 6) is 0.720. The zero-order chi connectivity index (χ0) is 20.8. The average molecular weight is 434 g/mol. The smallest absolute Gasteiger partial charge is 0.250 e. The Morgan fingerprint density at radius 1 is 1.03 bits per heavy atom. The second-order valence-electron chi connectivity index (χ2n) is 6.34. The molecule has 0 spiro atoms. The van der Waals surface area contributed by atoms with Crippen molar-refractivity contribution in [3.8, 4) is 17.1 Å². The number of amides is 1. The van der Waals surface area contributed by atoms with Crippen molar-refractivity contribution in [2.45, 2.75) is 12.1 Å². The molecule has 4 aromatic rings. The zero-order valence-corrected chi connectivity index (χ0v) is 17.9. The number of carbonyl (C=O) groups is 1. The summed E-state index contributed by atoms with van der Waals surface area (Å²) in [4.78, 5) is 13.3. The van der Waals surface area contributed by atoms with Crippen LogP contribution >= 0.6 is 23.1 Å². The molecule has 1 amide bonds. The van der Waals surface area contributed by atoms with Crippen LogP contribution < -0.4 is 5.43 Å². The molecule has 2 aromatic carbocycles. The van der Waals surface area contributed by atoms with Crippen molar-refractivity contribution in [1.29, 1.82) is 0 Å². The lowest BCUT2D eigenvalue weighted by atomic mass is 10.2. The van der Waals surface area contributed by atoms with Crippen LogP contribution in [0.5, 0.6) is 0 Å². The van der Waals surface area contributed by atoms with E-state index in [1.54, 1.807) is 11.3 Å². The van der Waals surface area contributed by atoms with Crippen LogP contribution in [-0.4, -0.2) is 32.1 Å². The number of nitrogens with one attached hydrogen (secondary N) is 1. The van der Waals surface area contributed by atoms with Gasteiger partial charge >= 0.3 is 0 Å². The molecule has 150 valence electrons. The summed E-state index contributed by atoms with van der Waals surface area (Å²) in [5, 5.41) is 15.5. The number of hydrogen-bond donors (Lipinski definition) is 1. The molecule has 0 aliphatic rings. The van der Waals surface area contributed by atoms with E-state index in [0.717, 1.165) is 27.7 Å². The second kappa shape index (κ2) is 9.51. The number of rotatable bonds is 7. The van der Waals surface area contributed by atoms with Gasteiger partial charge in [0.05, 0.1) is 11.5 Å². The third-order valence-corrected chi connectivity index (χ3v) is 6.15. The first-order valence-electron chi connectivity index (χ1n) is 9.28. The highest BCUT2D eigenvalue weighted by Gasteiger charge is 2.17. The van der Waals surface area contributed by atoms with Gasteiger partial charge in [0.2, 0.25) is 0 Å². The molecule has 6 nitrogen and oxygen atoms in total. The minimum Gasteiger partial charge on any atom is -0.272 e. The van der Waals surface area contributed by atoms with Crippen molar-refractivity contribution in [2.24, 2.45) is 5.10 Å². The lowest BCUT2D eigenvalue weighted by Gasteiger charge is -2.10. The molecule has 30 heavy (non-hydrogen) atoms. The number of nitrogens with zero attached hydrogens (tertiary/aromatic N) is 4. The second-order valence-corrected chi connectivity index (χ2v) is 8.23. The Balaban J connectivity index is 1.52. The lowest BCUT2D eigenvalue weighted by Crippen LogP contribution is -2.21. The van der Waals surface area contributed by atoms with E-state index in [9.17, 15) is 4.79 Å². The van der Waals surface area contributed by atoms with Gasteiger partial charge in [0.25, 0.3) is 5.91 Å². The first-order valence-corrected chi connectivity index (χ1v) is 11.1. The molecule has 4 rings (SSSR count). The first-order chi connectivity index (χ1) is 14.7. The molecule has 0 radical (unpaired) electrons. The van der Waals surface area contributed by atoms with E-state index in [4.69, 9.17) is 0 Å². The molecule has 0 saturated carbocycles. The highest BCUT2D eigenvalue weighted by Crippen LogP contribution is 2.27. The summed E-state index contributed by atoms with van der Waals surface area (Å²) in [6, 6.07) is 23.7. The summed E-state index contributed by atoms with van der Waals surface area (Å²) >= 11 is 2.91. The number of para-hydroxylation sites is 1. The first kappa shape index (κ1) is 20.1. The Morgan fingerprint density at radius 3 is 2.47 bits per heavy atom. The van der Waals surface area contributed by atoms with E-state index in [1.807, 2.05) is 89.7 Å². The third kappa shape index (κ3) is 4.67. The Bertz CT molecular complexity index is 1140. The molecule has 0 atom stereocenters. The molecule has 0 fully saturated rings. The Morgan fingerprint density at radius 2 is 1.77 bits per heavy atom. The van der Waals surface area contributed by atoms with Crippen LogP contribution in [0.1, 0.15) is 11.8 Å². The van der Waals surface area contributed by atoms with Gasteiger partial charge < -0.3 is 0 Å². The molecule has 1 N–H and O–H groups in total. The maximum Gasteiger partial charge on any atom is 0.250 e. The summed E-state index contributed by atoms with van der Waals surface area (Å²) in [5.41, 5.74) is 5.30. The predicted molar refractivity (Wildman–Crippen MR) is 122 cm³/mol. The van der Waals surface area contributed by atoms with Crippen molar-refractivity contribution < 1.29 is 4.79 Å². The van der Waals surface area contributed by atoms with Gasteiger partial charge in [0.15, 0.2) is 11.0 Å². The van der Waals surface area contributed by atoms with Gasteiger partial charge in [0, 0.05) is 16.1 Å². The van der Waals surface area contributed by atoms with E-state index in [2.05, 4.69) is 20.7 Å². The van der Waals surface area contributed by atoms with Crippen molar-refractivity contribution >= 4 is 34.7 Å². The van der Waals surface area contributed by atoms with Crippen LogP contribution in [0.15, 0.2) is 88.4 Å². The van der Waals surface area contributed by atoms with Gasteiger partial charge in [-0.1, -0.05) is 66.4 Å². The highest BCUT2D eigenvalue weighted by atomic mass is 32.2. The minimum absolute atomic E-state index is 0.182. The van der Waals surface area contributed by atoms with Crippen molar-refractivity contribution in [3.63, 3.8) is 0 Å². The maximum absolute atomic E-state index is 12.3. The van der Waals surface area contributed by atoms with Gasteiger partial charge in [-0.15, -0.1) is 21.5 Å². The van der Waals surface area contributed by atoms with Gasteiger partial charge in [-0.3, -0.25) is 9.36 Å². The van der Waals surface area contributed by atoms with Gasteiger partial charge in [0.1, 0.15) is 0 Å². The summed E-state index contributed by atoms with van der Waals surface area (Å²) in [6.45, 7) is 1.87. The van der Waals surface area contributed by atoms with Crippen LogP contribution in [-0.2, 0) is 4.79 Å². The van der Waals surface area contributed by atoms with Crippen molar-refractivity contribution in [2.75, 3.05) is 5.75 Å². The minimum atomic E-state index is -0.195. The zero-order valence-electron chi connectivity index (χ0n) is 16.2. The molecule has 2 heterocycles. The molecule has 0 saturated heterocycles. The number of thioether (sulfide) groups is 1. The molecule has 2 aromatic heterocycles. The van der Waals surface area contributed by atoms with Gasteiger partial charge in [-0.2, -0.15) is 5.10 Å². The predicted octanol–water partition coefficient (Wildman–Crippen LogP) is 4.63. The van der Waals surface area contributed by atoms with Crippen LogP contribution in [0.2, 0.25) is 0 Å². The fraction of sp³-hybridized carbons (Fsp3) is 0.0909. The highest BCUT2D eigenvalue weighted by molar-refractivity contribution is 7.99. The van der Waals surface area contributed by atoms with Crippen LogP contribution in [0.3, 0.4) is 0 Å². The molecule has 0 aliphatic heterocycles. The summed E-state index contributed by atoms with van der Waals surface area (Å²) < 4.78 is 1.97. The van der Waals surface area contributed by atoms with Gasteiger partial charge in [-0.25, -0.2) is 5.43 Å². The largest absolute Gasteiger partial charge is 0.272 e. The molecular weight excluding hydrogens is 414 g/mol. The van der Waals surface area contributed by atoms with E-state index < -0.39 is 0 Å². The van der Waals surface area contributed by atoms with E-state index in [-0.39, 0.29) is 11.7 Å². The van der Waals surface area contributed by atoms with E-state index in [1.165, 1.54) is 11.8 Å². The number of hydrogen-bond acceptors (Lipinski definition) is 6. The number of carbonyl (C=O) groups excluding carboxylic acids is 1. The number of hydrazone groups is 1. The van der Waals surface area contributed by atoms with Crippen LogP contribution in [0.25, 0.3) is 17.1 Å². The monoisotopic (exact) mass is 433 g/mol. The van der Waals surface area contributed by atoms with Gasteiger partial charge in [-0.05, 0) is 30.5 Å². The Hall–Kier alpha value is -3.23. The number of benzene rings is 2. The Labute approximate surface area is 182 Å². The maximum atomic E-state index is 12.3. The standard InChI is InChI=1S/C22H19N5OS2/c1-16(19-13-8-14-29-19)23-24-20(28)15-30-22-26-25-21(17-9-4-2-5-10-17)27(22)18-11-6-3-7-12-18/h2-14H,15H2,1H3,(H,24,28)/b23-16-. The molecule has 8 heteroatoms. The number of thiophene rings is 1. The number of aromatic nitrogens is 3. The summed E-state index contributed by atoms with van der Waals surface area (Å²) in [7, 11) is 0. The normalized spacial score (nSPS) is 11.4. The molecule has 0 unspecified atom stereocenters. The average Bonchev–Trinajstić information content (AvgIpc) is 3.47. The fourth-order valence-electron chi connectivity index (χ4n) is 2.80. The third-order valence-electron chi connectivity index (χ3n) is 4.24. The summed E-state index contributed by atoms with van der Waals surface area (Å²) in [6.07, 6.45) is 0. The van der Waals surface area contributed by atoms with Crippen LogP contribution in [0, 0.1) is 0 Å². The van der Waals surface area contributed by atoms with Crippen molar-refractivity contribution in [1.82, 2.24) is 20.2 Å². The quantitative estimate of drug-likeness (QED) is 0.262. The fourth-order valence-corrected chi connectivity index (χ4v) is 4.22. The molecular formula is C22H19N5OS2. The Kier molecular flexibility index (Phi) is 6.36. The topological polar surface area (TPSA) is 72.2 Å². The molecule has 0 bridgehead atoms. The SMILES string of the molecule is C/C(=N/NC(=O)CSc1nnc(-c2ccccc2)n1-c1ccccc1)c1cccs1. The molecule has 0 aliphatic carbocycles. The van der Waals surface area contributed by atoms with E-state index >= 15 is 0 Å².